The molecule has 29 heavy (non-hydrogen) atoms. The second-order valence-corrected chi connectivity index (χ2v) is 7.38. The van der Waals surface area contributed by atoms with Crippen molar-refractivity contribution < 1.29 is 19.5 Å². The number of carbonyl (C=O) groups is 3. The van der Waals surface area contributed by atoms with Crippen LogP contribution in [-0.2, 0) is 16.1 Å². The van der Waals surface area contributed by atoms with Crippen LogP contribution in [0.2, 0.25) is 5.02 Å². The van der Waals surface area contributed by atoms with Gasteiger partial charge in [0.15, 0.2) is 5.88 Å². The van der Waals surface area contributed by atoms with Crippen molar-refractivity contribution in [2.45, 2.75) is 25.4 Å². The van der Waals surface area contributed by atoms with Gasteiger partial charge in [-0.3, -0.25) is 19.7 Å². The van der Waals surface area contributed by atoms with Crippen LogP contribution in [-0.4, -0.2) is 27.4 Å². The quantitative estimate of drug-likeness (QED) is 0.574. The van der Waals surface area contributed by atoms with Crippen molar-refractivity contribution in [1.29, 1.82) is 0 Å². The van der Waals surface area contributed by atoms with Gasteiger partial charge >= 0.3 is 0 Å². The summed E-state index contributed by atoms with van der Waals surface area (Å²) in [5.41, 5.74) is 1.31. The number of nitrogens with zero attached hydrogens (tertiary/aromatic N) is 1. The summed E-state index contributed by atoms with van der Waals surface area (Å²) in [6.45, 7) is 0.297. The number of nitrogens with one attached hydrogen (secondary N) is 2. The van der Waals surface area contributed by atoms with E-state index in [1.807, 2.05) is 6.07 Å². The number of imide groups is 1. The first kappa shape index (κ1) is 19.0. The predicted molar refractivity (Wildman–Crippen MR) is 108 cm³/mol. The lowest BCUT2D eigenvalue weighted by molar-refractivity contribution is -0.135. The number of fused-ring (bicyclic) bond motifs is 1. The zero-order valence-electron chi connectivity index (χ0n) is 15.3. The van der Waals surface area contributed by atoms with Gasteiger partial charge in [0, 0.05) is 40.5 Å². The summed E-state index contributed by atoms with van der Waals surface area (Å²) in [6, 6.07) is 11.4. The second kappa shape index (κ2) is 7.60. The van der Waals surface area contributed by atoms with E-state index in [9.17, 15) is 19.5 Å². The summed E-state index contributed by atoms with van der Waals surface area (Å²) in [6.07, 6.45) is 2.25. The van der Waals surface area contributed by atoms with Crippen molar-refractivity contribution in [3.63, 3.8) is 0 Å². The van der Waals surface area contributed by atoms with E-state index in [2.05, 4.69) is 10.6 Å². The summed E-state index contributed by atoms with van der Waals surface area (Å²) in [4.78, 5) is 35.7. The van der Waals surface area contributed by atoms with Crippen LogP contribution in [0.25, 0.3) is 10.8 Å². The zero-order chi connectivity index (χ0) is 20.5. The standard InChI is InChI=1S/C21H18ClN3O4/c22-15-3-1-2-13(9-15)19(27)23-10-12-4-5-16-14(8-12)11-25(21(16)29)17-6-7-18(26)24-20(17)28/h1-5,8-9,11,17,29H,6-7,10H2,(H,23,27)(H,24,26,28). The molecule has 0 bridgehead atoms. The third kappa shape index (κ3) is 3.82. The van der Waals surface area contributed by atoms with Gasteiger partial charge in [-0.05, 0) is 42.3 Å². The van der Waals surface area contributed by atoms with Crippen molar-refractivity contribution >= 4 is 40.1 Å². The molecule has 1 aliphatic rings. The number of piperidine rings is 1. The predicted octanol–water partition coefficient (Wildman–Crippen LogP) is 2.91. The molecule has 1 unspecified atom stereocenters. The molecule has 1 fully saturated rings. The zero-order valence-corrected chi connectivity index (χ0v) is 16.1. The molecule has 3 amide bonds. The number of aromatic hydroxyl groups is 1. The molecular weight excluding hydrogens is 394 g/mol. The molecule has 3 aromatic rings. The lowest BCUT2D eigenvalue weighted by Crippen LogP contribution is -2.41. The van der Waals surface area contributed by atoms with Crippen LogP contribution in [0, 0.1) is 0 Å². The molecule has 4 rings (SSSR count). The maximum Gasteiger partial charge on any atom is 0.251 e. The summed E-state index contributed by atoms with van der Waals surface area (Å²) < 4.78 is 1.49. The van der Waals surface area contributed by atoms with Gasteiger partial charge < -0.3 is 15.0 Å². The van der Waals surface area contributed by atoms with Crippen LogP contribution in [0.4, 0.5) is 0 Å². The lowest BCUT2D eigenvalue weighted by atomic mass is 10.1. The van der Waals surface area contributed by atoms with E-state index in [-0.39, 0.29) is 24.1 Å². The Balaban J connectivity index is 1.53. The van der Waals surface area contributed by atoms with Gasteiger partial charge in [-0.2, -0.15) is 0 Å². The minimum absolute atomic E-state index is 0.0241. The fraction of sp³-hybridized carbons (Fsp3) is 0.190. The minimum atomic E-state index is -0.633. The number of aromatic nitrogens is 1. The van der Waals surface area contributed by atoms with Crippen LogP contribution < -0.4 is 10.6 Å². The van der Waals surface area contributed by atoms with Crippen LogP contribution in [0.15, 0.2) is 48.7 Å². The number of hydrogen-bond donors (Lipinski definition) is 3. The Hall–Kier alpha value is -3.32. The molecule has 2 aromatic carbocycles. The van der Waals surface area contributed by atoms with Crippen LogP contribution >= 0.6 is 11.6 Å². The molecule has 1 saturated heterocycles. The first-order chi connectivity index (χ1) is 13.9. The number of halogens is 1. The van der Waals surface area contributed by atoms with E-state index in [1.165, 1.54) is 4.57 Å². The molecule has 8 heteroatoms. The number of hydrogen-bond acceptors (Lipinski definition) is 4. The Morgan fingerprint density at radius 3 is 2.83 bits per heavy atom. The maximum absolute atomic E-state index is 12.3. The average molecular weight is 412 g/mol. The molecule has 0 radical (unpaired) electrons. The number of carbonyl (C=O) groups excluding carboxylic acids is 3. The van der Waals surface area contributed by atoms with Gasteiger partial charge in [0.25, 0.3) is 5.91 Å². The van der Waals surface area contributed by atoms with Crippen molar-refractivity contribution in [3.8, 4) is 5.88 Å². The summed E-state index contributed by atoms with van der Waals surface area (Å²) in [5, 5.41) is 17.5. The van der Waals surface area contributed by atoms with Gasteiger partial charge in [-0.1, -0.05) is 23.7 Å². The Bertz CT molecular complexity index is 1140. The summed E-state index contributed by atoms with van der Waals surface area (Å²) >= 11 is 5.92. The highest BCUT2D eigenvalue weighted by atomic mass is 35.5. The SMILES string of the molecule is O=C1CCC(n2cc3cc(CNC(=O)c4cccc(Cl)c4)ccc3c2O)C(=O)N1. The summed E-state index contributed by atoms with van der Waals surface area (Å²) in [7, 11) is 0. The molecule has 7 nitrogen and oxygen atoms in total. The number of benzene rings is 2. The molecule has 1 atom stereocenters. The first-order valence-electron chi connectivity index (χ1n) is 9.12. The minimum Gasteiger partial charge on any atom is -0.494 e. The van der Waals surface area contributed by atoms with E-state index in [0.29, 0.717) is 28.9 Å². The largest absolute Gasteiger partial charge is 0.494 e. The van der Waals surface area contributed by atoms with Crippen molar-refractivity contribution in [3.05, 3.63) is 64.8 Å². The molecule has 3 N–H and O–H groups in total. The number of rotatable bonds is 4. The highest BCUT2D eigenvalue weighted by Crippen LogP contribution is 2.33. The van der Waals surface area contributed by atoms with E-state index < -0.39 is 11.9 Å². The third-order valence-corrected chi connectivity index (χ3v) is 5.20. The molecule has 0 aliphatic carbocycles. The molecule has 148 valence electrons. The lowest BCUT2D eigenvalue weighted by Gasteiger charge is -2.22. The second-order valence-electron chi connectivity index (χ2n) is 6.94. The normalized spacial score (nSPS) is 16.7. The van der Waals surface area contributed by atoms with Gasteiger partial charge in [0.1, 0.15) is 6.04 Å². The Morgan fingerprint density at radius 1 is 1.24 bits per heavy atom. The highest BCUT2D eigenvalue weighted by molar-refractivity contribution is 6.30. The Morgan fingerprint density at radius 2 is 2.07 bits per heavy atom. The monoisotopic (exact) mass is 411 g/mol. The summed E-state index contributed by atoms with van der Waals surface area (Å²) in [5.74, 6) is -0.994. The topological polar surface area (TPSA) is 100 Å². The Labute approximate surface area is 171 Å². The van der Waals surface area contributed by atoms with Crippen molar-refractivity contribution in [1.82, 2.24) is 15.2 Å². The van der Waals surface area contributed by atoms with Gasteiger partial charge in [0.05, 0.1) is 0 Å². The highest BCUT2D eigenvalue weighted by Gasteiger charge is 2.30. The fourth-order valence-corrected chi connectivity index (χ4v) is 3.67. The molecule has 0 spiro atoms. The fourth-order valence-electron chi connectivity index (χ4n) is 3.48. The molecule has 1 aromatic heterocycles. The molecule has 2 heterocycles. The van der Waals surface area contributed by atoms with E-state index >= 15 is 0 Å². The average Bonchev–Trinajstić information content (AvgIpc) is 3.02. The Kier molecular flexibility index (Phi) is 4.98. The van der Waals surface area contributed by atoms with Gasteiger partial charge in [-0.25, -0.2) is 0 Å². The van der Waals surface area contributed by atoms with Crippen LogP contribution in [0.3, 0.4) is 0 Å². The van der Waals surface area contributed by atoms with Gasteiger partial charge in [-0.15, -0.1) is 0 Å². The van der Waals surface area contributed by atoms with Gasteiger partial charge in [0.2, 0.25) is 11.8 Å². The molecular formula is C21H18ClN3O4. The molecule has 0 saturated carbocycles. The van der Waals surface area contributed by atoms with Crippen LogP contribution in [0.1, 0.15) is 34.8 Å². The maximum atomic E-state index is 12.3. The number of amides is 3. The van der Waals surface area contributed by atoms with Crippen molar-refractivity contribution in [2.24, 2.45) is 0 Å². The van der Waals surface area contributed by atoms with Crippen molar-refractivity contribution in [2.75, 3.05) is 0 Å². The van der Waals surface area contributed by atoms with E-state index in [4.69, 9.17) is 11.6 Å². The van der Waals surface area contributed by atoms with E-state index in [1.54, 1.807) is 42.6 Å². The first-order valence-corrected chi connectivity index (χ1v) is 9.50. The smallest absolute Gasteiger partial charge is 0.251 e. The van der Waals surface area contributed by atoms with Crippen LogP contribution in [0.5, 0.6) is 5.88 Å². The van der Waals surface area contributed by atoms with E-state index in [0.717, 1.165) is 10.9 Å². The third-order valence-electron chi connectivity index (χ3n) is 4.97. The molecule has 1 aliphatic heterocycles.